The zero-order valence-electron chi connectivity index (χ0n) is 9.21. The van der Waals surface area contributed by atoms with Crippen LogP contribution in [0.4, 0.5) is 0 Å². The van der Waals surface area contributed by atoms with Crippen LogP contribution in [-0.2, 0) is 7.05 Å². The first-order valence-corrected chi connectivity index (χ1v) is 5.20. The molecule has 0 saturated carbocycles. The highest BCUT2D eigenvalue weighted by molar-refractivity contribution is 5.82. The second kappa shape index (κ2) is 3.55. The van der Waals surface area contributed by atoms with E-state index in [9.17, 15) is 4.79 Å². The monoisotopic (exact) mass is 226 g/mol. The third-order valence-corrected chi connectivity index (χ3v) is 2.75. The van der Waals surface area contributed by atoms with Gasteiger partial charge >= 0.3 is 0 Å². The second-order valence-corrected chi connectivity index (χ2v) is 3.89. The number of aryl methyl sites for hydroxylation is 1. The minimum atomic E-state index is 0.473. The number of imidazole rings is 1. The van der Waals surface area contributed by atoms with Gasteiger partial charge in [0.15, 0.2) is 6.29 Å². The van der Waals surface area contributed by atoms with Crippen LogP contribution in [0.1, 0.15) is 10.5 Å². The number of carbonyl (C=O) groups excluding carboxylic acids is 1. The van der Waals surface area contributed by atoms with Crippen LogP contribution in [0.2, 0.25) is 0 Å². The average molecular weight is 226 g/mol. The molecule has 2 heterocycles. The molecule has 1 N–H and O–H groups in total. The summed E-state index contributed by atoms with van der Waals surface area (Å²) in [5, 5.41) is 6.74. The summed E-state index contributed by atoms with van der Waals surface area (Å²) < 4.78 is 1.96. The molecule has 0 bridgehead atoms. The topological polar surface area (TPSA) is 63.6 Å². The molecule has 0 radical (unpaired) electrons. The Balaban J connectivity index is 2.14. The lowest BCUT2D eigenvalue weighted by atomic mass is 10.1. The summed E-state index contributed by atoms with van der Waals surface area (Å²) in [6.07, 6.45) is 2.52. The lowest BCUT2D eigenvalue weighted by Gasteiger charge is -1.97. The second-order valence-electron chi connectivity index (χ2n) is 3.89. The van der Waals surface area contributed by atoms with Crippen LogP contribution in [0.25, 0.3) is 22.3 Å². The Morgan fingerprint density at radius 3 is 3.00 bits per heavy atom. The van der Waals surface area contributed by atoms with E-state index in [4.69, 9.17) is 0 Å². The fourth-order valence-electron chi connectivity index (χ4n) is 1.84. The number of hydrogen-bond acceptors (Lipinski definition) is 3. The smallest absolute Gasteiger partial charge is 0.167 e. The molecule has 0 amide bonds. The molecule has 0 aliphatic rings. The van der Waals surface area contributed by atoms with Crippen LogP contribution < -0.4 is 0 Å². The van der Waals surface area contributed by atoms with E-state index in [0.717, 1.165) is 28.6 Å². The number of aromatic amines is 1. The summed E-state index contributed by atoms with van der Waals surface area (Å²) >= 11 is 0. The molecule has 5 nitrogen and oxygen atoms in total. The highest BCUT2D eigenvalue weighted by Gasteiger charge is 2.06. The maximum absolute atomic E-state index is 10.6. The van der Waals surface area contributed by atoms with Crippen LogP contribution in [0, 0.1) is 0 Å². The van der Waals surface area contributed by atoms with Gasteiger partial charge in [0.25, 0.3) is 0 Å². The van der Waals surface area contributed by atoms with Gasteiger partial charge in [-0.2, -0.15) is 5.10 Å². The molecule has 84 valence electrons. The molecule has 0 unspecified atom stereocenters. The maximum Gasteiger partial charge on any atom is 0.167 e. The molecule has 5 heteroatoms. The molecule has 0 aliphatic carbocycles. The van der Waals surface area contributed by atoms with Crippen LogP contribution >= 0.6 is 0 Å². The summed E-state index contributed by atoms with van der Waals surface area (Å²) in [5.41, 5.74) is 4.15. The van der Waals surface area contributed by atoms with Crippen LogP contribution in [0.3, 0.4) is 0 Å². The van der Waals surface area contributed by atoms with Crippen molar-refractivity contribution in [2.75, 3.05) is 0 Å². The minimum Gasteiger partial charge on any atom is -0.334 e. The summed E-state index contributed by atoms with van der Waals surface area (Å²) in [5.74, 6) is 0. The van der Waals surface area contributed by atoms with Crippen molar-refractivity contribution < 1.29 is 4.79 Å². The molecule has 0 aliphatic heterocycles. The van der Waals surface area contributed by atoms with Crippen molar-refractivity contribution >= 4 is 17.3 Å². The van der Waals surface area contributed by atoms with E-state index in [1.165, 1.54) is 0 Å². The van der Waals surface area contributed by atoms with Gasteiger partial charge in [-0.05, 0) is 18.2 Å². The Labute approximate surface area is 97.1 Å². The van der Waals surface area contributed by atoms with Gasteiger partial charge in [-0.15, -0.1) is 0 Å². The third kappa shape index (κ3) is 1.52. The van der Waals surface area contributed by atoms with Gasteiger partial charge in [0.1, 0.15) is 0 Å². The number of aldehydes is 1. The van der Waals surface area contributed by atoms with Crippen LogP contribution in [0.15, 0.2) is 30.6 Å². The number of nitrogens with one attached hydrogen (secondary N) is 1. The predicted molar refractivity (Wildman–Crippen MR) is 63.7 cm³/mol. The lowest BCUT2D eigenvalue weighted by molar-refractivity contribution is 0.111. The molecular weight excluding hydrogens is 216 g/mol. The molecule has 3 rings (SSSR count). The summed E-state index contributed by atoms with van der Waals surface area (Å²) in [6, 6.07) is 7.64. The highest BCUT2D eigenvalue weighted by Crippen LogP contribution is 2.22. The fourth-order valence-corrected chi connectivity index (χ4v) is 1.84. The number of fused-ring (bicyclic) bond motifs is 1. The van der Waals surface area contributed by atoms with Crippen molar-refractivity contribution in [2.24, 2.45) is 7.05 Å². The van der Waals surface area contributed by atoms with Gasteiger partial charge in [0.2, 0.25) is 0 Å². The first kappa shape index (κ1) is 9.77. The number of hydrogen-bond donors (Lipinski definition) is 1. The van der Waals surface area contributed by atoms with Crippen molar-refractivity contribution in [3.63, 3.8) is 0 Å². The predicted octanol–water partition coefficient (Wildman–Crippen LogP) is 1.78. The molecule has 0 spiro atoms. The Hall–Kier alpha value is -2.43. The Morgan fingerprint density at radius 2 is 2.24 bits per heavy atom. The average Bonchev–Trinajstić information content (AvgIpc) is 2.96. The normalized spacial score (nSPS) is 10.9. The quantitative estimate of drug-likeness (QED) is 0.677. The molecule has 2 aromatic heterocycles. The Bertz CT molecular complexity index is 695. The molecule has 0 fully saturated rings. The number of nitrogens with zero attached hydrogens (tertiary/aromatic N) is 3. The zero-order chi connectivity index (χ0) is 11.8. The minimum absolute atomic E-state index is 0.473. The van der Waals surface area contributed by atoms with Gasteiger partial charge in [0, 0.05) is 12.6 Å². The van der Waals surface area contributed by atoms with Crippen LogP contribution in [0.5, 0.6) is 0 Å². The van der Waals surface area contributed by atoms with Gasteiger partial charge in [-0.25, -0.2) is 4.98 Å². The van der Waals surface area contributed by atoms with E-state index < -0.39 is 0 Å². The van der Waals surface area contributed by atoms with E-state index in [-0.39, 0.29) is 0 Å². The lowest BCUT2D eigenvalue weighted by Crippen LogP contribution is -1.84. The molecule has 17 heavy (non-hydrogen) atoms. The first-order chi connectivity index (χ1) is 8.28. The third-order valence-electron chi connectivity index (χ3n) is 2.75. The van der Waals surface area contributed by atoms with Gasteiger partial charge in [-0.3, -0.25) is 9.89 Å². The van der Waals surface area contributed by atoms with Crippen LogP contribution in [-0.4, -0.2) is 26.0 Å². The number of carbonyl (C=O) groups is 1. The molecule has 3 aromatic rings. The van der Waals surface area contributed by atoms with Gasteiger partial charge < -0.3 is 4.57 Å². The number of H-pyrrole nitrogens is 1. The summed E-state index contributed by atoms with van der Waals surface area (Å²) in [6.45, 7) is 0. The molecule has 0 atom stereocenters. The van der Waals surface area contributed by atoms with Gasteiger partial charge in [0.05, 0.1) is 28.7 Å². The Kier molecular flexibility index (Phi) is 2.04. The van der Waals surface area contributed by atoms with Crippen molar-refractivity contribution in [2.45, 2.75) is 0 Å². The molecule has 0 saturated heterocycles. The van der Waals surface area contributed by atoms with Crippen molar-refractivity contribution in [1.82, 2.24) is 19.7 Å². The number of rotatable bonds is 2. The number of benzene rings is 1. The standard InChI is InChI=1S/C12H10N4O/c1-16-7-13-11-4-8(2-3-12(11)16)10-5-9(6-17)14-15-10/h2-7H,1H3,(H,14,15). The summed E-state index contributed by atoms with van der Waals surface area (Å²) in [7, 11) is 1.95. The summed E-state index contributed by atoms with van der Waals surface area (Å²) in [4.78, 5) is 14.9. The van der Waals surface area contributed by atoms with Crippen molar-refractivity contribution in [3.8, 4) is 11.3 Å². The fraction of sp³-hybridized carbons (Fsp3) is 0.0833. The van der Waals surface area contributed by atoms with E-state index in [1.54, 1.807) is 12.4 Å². The Morgan fingerprint density at radius 1 is 1.35 bits per heavy atom. The van der Waals surface area contributed by atoms with E-state index in [1.807, 2.05) is 29.8 Å². The molecular formula is C12H10N4O. The maximum atomic E-state index is 10.6. The van der Waals surface area contributed by atoms with E-state index >= 15 is 0 Å². The van der Waals surface area contributed by atoms with Crippen molar-refractivity contribution in [1.29, 1.82) is 0 Å². The van der Waals surface area contributed by atoms with Gasteiger partial charge in [-0.1, -0.05) is 6.07 Å². The van der Waals surface area contributed by atoms with E-state index in [0.29, 0.717) is 5.69 Å². The van der Waals surface area contributed by atoms with Crippen molar-refractivity contribution in [3.05, 3.63) is 36.3 Å². The molecule has 1 aromatic carbocycles. The largest absolute Gasteiger partial charge is 0.334 e. The number of aromatic nitrogens is 4. The first-order valence-electron chi connectivity index (χ1n) is 5.20. The van der Waals surface area contributed by atoms with E-state index in [2.05, 4.69) is 15.2 Å². The highest BCUT2D eigenvalue weighted by atomic mass is 16.1. The SMILES string of the molecule is Cn1cnc2cc(-c3cc(C=O)[nH]n3)ccc21. The zero-order valence-corrected chi connectivity index (χ0v) is 9.21.